The van der Waals surface area contributed by atoms with E-state index in [4.69, 9.17) is 16.1 Å². The van der Waals surface area contributed by atoms with Crippen LogP contribution >= 0.6 is 19.4 Å². The molecule has 0 atom stereocenters. The van der Waals surface area contributed by atoms with Crippen LogP contribution in [0.3, 0.4) is 0 Å². The first-order chi connectivity index (χ1) is 14.2. The number of carbonyl (C=O) groups is 1. The molecule has 0 saturated carbocycles. The molecule has 1 amide bonds. The first kappa shape index (κ1) is 25.0. The zero-order chi connectivity index (χ0) is 23.6. The van der Waals surface area contributed by atoms with E-state index in [1.807, 2.05) is 5.32 Å². The number of phosphoric acid groups is 1. The molecule has 31 heavy (non-hydrogen) atoms. The molecule has 6 nitrogen and oxygen atoms in total. The molecule has 0 spiro atoms. The van der Waals surface area contributed by atoms with Gasteiger partial charge in [-0.2, -0.15) is 26.3 Å². The lowest BCUT2D eigenvalue weighted by Crippen LogP contribution is -2.16. The topological polar surface area (TPSA) is 73.9 Å². The van der Waals surface area contributed by atoms with Crippen LogP contribution in [0.1, 0.15) is 21.5 Å². The quantitative estimate of drug-likeness (QED) is 0.373. The standard InChI is InChI=1S/C17H13ClF6NO5P/c1-28-31(27,29-2)30-14-4-3-11(18)8-13(14)15(26)25-12-6-9(16(19,20)21)5-10(7-12)17(22,23)24/h3-8H,1-2H3,(H,25,26). The molecular formula is C17H13ClF6NO5P. The Morgan fingerprint density at radius 2 is 1.45 bits per heavy atom. The number of phosphoric ester groups is 1. The molecular weight excluding hydrogens is 479 g/mol. The van der Waals surface area contributed by atoms with Crippen LogP contribution in [0.5, 0.6) is 5.75 Å². The molecule has 2 rings (SSSR count). The molecule has 170 valence electrons. The zero-order valence-electron chi connectivity index (χ0n) is 15.6. The van der Waals surface area contributed by atoms with Gasteiger partial charge in [0.25, 0.3) is 5.91 Å². The monoisotopic (exact) mass is 491 g/mol. The number of alkyl halides is 6. The lowest BCUT2D eigenvalue weighted by molar-refractivity contribution is -0.143. The van der Waals surface area contributed by atoms with E-state index >= 15 is 0 Å². The largest absolute Gasteiger partial charge is 0.529 e. The Kier molecular flexibility index (Phi) is 7.32. The number of halogens is 7. The number of carbonyl (C=O) groups excluding carboxylic acids is 1. The van der Waals surface area contributed by atoms with Gasteiger partial charge >= 0.3 is 20.2 Å². The van der Waals surface area contributed by atoms with Crippen LogP contribution in [0.25, 0.3) is 0 Å². The predicted molar refractivity (Wildman–Crippen MR) is 98.1 cm³/mol. The van der Waals surface area contributed by atoms with E-state index < -0.39 is 54.2 Å². The molecule has 0 heterocycles. The Balaban J connectivity index is 2.48. The predicted octanol–water partition coefficient (Wildman–Crippen LogP) is 6.41. The van der Waals surface area contributed by atoms with Gasteiger partial charge in [-0.25, -0.2) is 4.57 Å². The summed E-state index contributed by atoms with van der Waals surface area (Å²) in [6.45, 7) is 0. The van der Waals surface area contributed by atoms with Crippen molar-refractivity contribution in [3.8, 4) is 5.75 Å². The average Bonchev–Trinajstić information content (AvgIpc) is 2.67. The van der Waals surface area contributed by atoms with Gasteiger partial charge < -0.3 is 9.84 Å². The zero-order valence-corrected chi connectivity index (χ0v) is 17.2. The van der Waals surface area contributed by atoms with Crippen molar-refractivity contribution < 1.29 is 49.3 Å². The summed E-state index contributed by atoms with van der Waals surface area (Å²) in [6, 6.07) is 3.89. The van der Waals surface area contributed by atoms with Crippen LogP contribution in [-0.2, 0) is 26.0 Å². The van der Waals surface area contributed by atoms with Crippen LogP contribution in [0, 0.1) is 0 Å². The Labute approximate surface area is 176 Å². The fraction of sp³-hybridized carbons (Fsp3) is 0.235. The highest BCUT2D eigenvalue weighted by Gasteiger charge is 2.37. The number of rotatable bonds is 6. The third kappa shape index (κ3) is 6.36. The summed E-state index contributed by atoms with van der Waals surface area (Å²) in [4.78, 5) is 12.6. The maximum Gasteiger partial charge on any atom is 0.529 e. The summed E-state index contributed by atoms with van der Waals surface area (Å²) in [5, 5.41) is 1.90. The number of amides is 1. The highest BCUT2D eigenvalue weighted by atomic mass is 35.5. The van der Waals surface area contributed by atoms with E-state index in [1.165, 1.54) is 6.07 Å². The van der Waals surface area contributed by atoms with Crippen molar-refractivity contribution in [1.29, 1.82) is 0 Å². The highest BCUT2D eigenvalue weighted by Crippen LogP contribution is 2.49. The van der Waals surface area contributed by atoms with Gasteiger partial charge in [0.1, 0.15) is 5.75 Å². The maximum atomic E-state index is 13.0. The number of nitrogens with one attached hydrogen (secondary N) is 1. The van der Waals surface area contributed by atoms with Crippen molar-refractivity contribution in [3.05, 3.63) is 58.1 Å². The number of anilines is 1. The van der Waals surface area contributed by atoms with Crippen LogP contribution in [0.15, 0.2) is 36.4 Å². The molecule has 0 saturated heterocycles. The van der Waals surface area contributed by atoms with Gasteiger partial charge in [0, 0.05) is 24.9 Å². The Hall–Kier alpha value is -2.27. The maximum absolute atomic E-state index is 13.0. The number of benzene rings is 2. The van der Waals surface area contributed by atoms with Crippen molar-refractivity contribution in [3.63, 3.8) is 0 Å². The smallest absolute Gasteiger partial charge is 0.403 e. The van der Waals surface area contributed by atoms with Crippen molar-refractivity contribution in [1.82, 2.24) is 0 Å². The van der Waals surface area contributed by atoms with Gasteiger partial charge in [0.05, 0.1) is 16.7 Å². The Morgan fingerprint density at radius 1 is 0.935 bits per heavy atom. The molecule has 0 aliphatic rings. The van der Waals surface area contributed by atoms with Gasteiger partial charge in [-0.05, 0) is 36.4 Å². The van der Waals surface area contributed by atoms with Crippen molar-refractivity contribution in [2.24, 2.45) is 0 Å². The fourth-order valence-electron chi connectivity index (χ4n) is 2.25. The van der Waals surface area contributed by atoms with Gasteiger partial charge in [-0.15, -0.1) is 0 Å². The van der Waals surface area contributed by atoms with E-state index in [-0.39, 0.29) is 11.1 Å². The summed E-state index contributed by atoms with van der Waals surface area (Å²) in [5.74, 6) is -1.60. The lowest BCUT2D eigenvalue weighted by atomic mass is 10.1. The minimum Gasteiger partial charge on any atom is -0.403 e. The summed E-state index contributed by atoms with van der Waals surface area (Å²) < 4.78 is 104. The minimum atomic E-state index is -5.10. The van der Waals surface area contributed by atoms with Crippen LogP contribution in [0.4, 0.5) is 32.0 Å². The van der Waals surface area contributed by atoms with Gasteiger partial charge in [-0.3, -0.25) is 13.8 Å². The molecule has 0 aliphatic carbocycles. The first-order valence-electron chi connectivity index (χ1n) is 8.00. The molecule has 0 radical (unpaired) electrons. The fourth-order valence-corrected chi connectivity index (χ4v) is 3.12. The highest BCUT2D eigenvalue weighted by molar-refractivity contribution is 7.48. The van der Waals surface area contributed by atoms with Gasteiger partial charge in [0.15, 0.2) is 0 Å². The molecule has 0 fully saturated rings. The summed E-state index contributed by atoms with van der Waals surface area (Å²) in [5.41, 5.74) is -4.49. The van der Waals surface area contributed by atoms with E-state index in [9.17, 15) is 35.7 Å². The van der Waals surface area contributed by atoms with Gasteiger partial charge in [-0.1, -0.05) is 11.6 Å². The third-order valence-corrected chi connectivity index (χ3v) is 5.24. The molecule has 0 aliphatic heterocycles. The normalized spacial score (nSPS) is 12.5. The molecule has 2 aromatic rings. The summed E-state index contributed by atoms with van der Waals surface area (Å²) >= 11 is 5.81. The van der Waals surface area contributed by atoms with E-state index in [0.29, 0.717) is 12.1 Å². The molecule has 1 N–H and O–H groups in total. The van der Waals surface area contributed by atoms with Crippen LogP contribution in [0.2, 0.25) is 5.02 Å². The second-order valence-electron chi connectivity index (χ2n) is 5.79. The number of hydrogen-bond donors (Lipinski definition) is 1. The second kappa shape index (κ2) is 9.07. The molecule has 2 aromatic carbocycles. The summed E-state index contributed by atoms with van der Waals surface area (Å²) in [6.07, 6.45) is -10.2. The molecule has 0 aromatic heterocycles. The summed E-state index contributed by atoms with van der Waals surface area (Å²) in [7, 11) is -2.17. The third-order valence-electron chi connectivity index (χ3n) is 3.69. The van der Waals surface area contributed by atoms with E-state index in [1.54, 1.807) is 0 Å². The van der Waals surface area contributed by atoms with Crippen molar-refractivity contribution >= 4 is 31.0 Å². The first-order valence-corrected chi connectivity index (χ1v) is 9.84. The average molecular weight is 492 g/mol. The molecule has 0 unspecified atom stereocenters. The second-order valence-corrected chi connectivity index (χ2v) is 8.04. The van der Waals surface area contributed by atoms with Crippen LogP contribution in [-0.4, -0.2) is 20.1 Å². The van der Waals surface area contributed by atoms with Crippen LogP contribution < -0.4 is 9.84 Å². The number of hydrogen-bond acceptors (Lipinski definition) is 5. The Bertz CT molecular complexity index is 987. The van der Waals surface area contributed by atoms with E-state index in [0.717, 1.165) is 26.4 Å². The SMILES string of the molecule is COP(=O)(OC)Oc1ccc(Cl)cc1C(=O)Nc1cc(C(F)(F)F)cc(C(F)(F)F)c1. The van der Waals surface area contributed by atoms with E-state index in [2.05, 4.69) is 9.05 Å². The Morgan fingerprint density at radius 3 is 1.90 bits per heavy atom. The molecule has 0 bridgehead atoms. The van der Waals surface area contributed by atoms with Crippen molar-refractivity contribution in [2.75, 3.05) is 19.5 Å². The molecule has 14 heteroatoms. The van der Waals surface area contributed by atoms with Crippen molar-refractivity contribution in [2.45, 2.75) is 12.4 Å². The van der Waals surface area contributed by atoms with Gasteiger partial charge in [0.2, 0.25) is 0 Å². The minimum absolute atomic E-state index is 0.0258. The lowest BCUT2D eigenvalue weighted by Gasteiger charge is -2.18.